The highest BCUT2D eigenvalue weighted by molar-refractivity contribution is 5.92. The fraction of sp³-hybridized carbons (Fsp3) is 0.474. The minimum absolute atomic E-state index is 0.311. The molecule has 0 bridgehead atoms. The van der Waals surface area contributed by atoms with Gasteiger partial charge < -0.3 is 14.5 Å². The van der Waals surface area contributed by atoms with Gasteiger partial charge >= 0.3 is 0 Å². The Morgan fingerprint density at radius 2 is 1.81 bits per heavy atom. The molecule has 0 unspecified atom stereocenters. The molecule has 0 atom stereocenters. The van der Waals surface area contributed by atoms with E-state index in [-0.39, 0.29) is 5.60 Å². The molecule has 1 saturated heterocycles. The number of aromatic amines is 1. The van der Waals surface area contributed by atoms with Crippen molar-refractivity contribution in [2.45, 2.75) is 26.4 Å². The lowest BCUT2D eigenvalue weighted by atomic mass is 10.1. The van der Waals surface area contributed by atoms with Crippen molar-refractivity contribution in [1.82, 2.24) is 30.0 Å². The van der Waals surface area contributed by atoms with Gasteiger partial charge in [0, 0.05) is 43.7 Å². The molecule has 1 aliphatic heterocycles. The van der Waals surface area contributed by atoms with Crippen LogP contribution in [-0.4, -0.2) is 68.9 Å². The molecule has 8 heteroatoms. The van der Waals surface area contributed by atoms with Gasteiger partial charge in [0.05, 0.1) is 17.4 Å². The van der Waals surface area contributed by atoms with Gasteiger partial charge in [0.25, 0.3) is 0 Å². The Balaban J connectivity index is 1.67. The molecular formula is C19H25N7O. The zero-order valence-corrected chi connectivity index (χ0v) is 16.2. The molecule has 0 saturated carbocycles. The Kier molecular flexibility index (Phi) is 4.43. The number of piperazine rings is 1. The van der Waals surface area contributed by atoms with Crippen LogP contribution in [0.3, 0.4) is 0 Å². The van der Waals surface area contributed by atoms with Gasteiger partial charge in [0.2, 0.25) is 5.88 Å². The lowest BCUT2D eigenvalue weighted by Gasteiger charge is -2.33. The summed E-state index contributed by atoms with van der Waals surface area (Å²) in [7, 11) is 2.14. The van der Waals surface area contributed by atoms with Gasteiger partial charge in [-0.25, -0.2) is 15.0 Å². The Hall–Kier alpha value is -2.74. The first-order valence-corrected chi connectivity index (χ1v) is 9.18. The SMILES string of the molecule is CN1CCN(c2cc(-c3n[nH]c4cnc(OC(C)(C)C)cc34)ncn2)CC1. The van der Waals surface area contributed by atoms with Crippen molar-refractivity contribution in [2.24, 2.45) is 0 Å². The second kappa shape index (κ2) is 6.77. The highest BCUT2D eigenvalue weighted by Crippen LogP contribution is 2.29. The average molecular weight is 367 g/mol. The first-order valence-electron chi connectivity index (χ1n) is 9.18. The van der Waals surface area contributed by atoms with Crippen molar-refractivity contribution in [1.29, 1.82) is 0 Å². The number of hydrogen-bond donors (Lipinski definition) is 1. The predicted molar refractivity (Wildman–Crippen MR) is 105 cm³/mol. The molecule has 142 valence electrons. The Morgan fingerprint density at radius 3 is 2.56 bits per heavy atom. The van der Waals surface area contributed by atoms with Crippen LogP contribution in [0.1, 0.15) is 20.8 Å². The minimum Gasteiger partial charge on any atom is -0.472 e. The monoisotopic (exact) mass is 367 g/mol. The number of H-pyrrole nitrogens is 1. The number of ether oxygens (including phenoxy) is 1. The predicted octanol–water partition coefficient (Wildman–Crippen LogP) is 2.34. The van der Waals surface area contributed by atoms with E-state index >= 15 is 0 Å². The quantitative estimate of drug-likeness (QED) is 0.761. The summed E-state index contributed by atoms with van der Waals surface area (Å²) >= 11 is 0. The number of likely N-dealkylation sites (N-methyl/N-ethyl adjacent to an activating group) is 1. The maximum absolute atomic E-state index is 5.90. The number of nitrogens with zero attached hydrogens (tertiary/aromatic N) is 6. The fourth-order valence-corrected chi connectivity index (χ4v) is 3.15. The third-order valence-electron chi connectivity index (χ3n) is 4.56. The Bertz CT molecular complexity index is 939. The molecule has 0 radical (unpaired) electrons. The summed E-state index contributed by atoms with van der Waals surface area (Å²) in [6, 6.07) is 3.92. The van der Waals surface area contributed by atoms with Crippen molar-refractivity contribution >= 4 is 16.7 Å². The number of anilines is 1. The highest BCUT2D eigenvalue weighted by atomic mass is 16.5. The van der Waals surface area contributed by atoms with E-state index in [4.69, 9.17) is 4.74 Å². The molecule has 0 aliphatic carbocycles. The number of fused-ring (bicyclic) bond motifs is 1. The van der Waals surface area contributed by atoms with Crippen LogP contribution in [0.15, 0.2) is 24.7 Å². The van der Waals surface area contributed by atoms with Gasteiger partial charge in [-0.15, -0.1) is 0 Å². The van der Waals surface area contributed by atoms with Crippen LogP contribution in [0.5, 0.6) is 5.88 Å². The van der Waals surface area contributed by atoms with Crippen LogP contribution in [0.25, 0.3) is 22.3 Å². The molecule has 8 nitrogen and oxygen atoms in total. The number of pyridine rings is 1. The van der Waals surface area contributed by atoms with Gasteiger partial charge in [-0.2, -0.15) is 5.10 Å². The smallest absolute Gasteiger partial charge is 0.214 e. The maximum atomic E-state index is 5.90. The van der Waals surface area contributed by atoms with E-state index < -0.39 is 0 Å². The van der Waals surface area contributed by atoms with Gasteiger partial charge in [-0.05, 0) is 27.8 Å². The van der Waals surface area contributed by atoms with Gasteiger partial charge in [-0.1, -0.05) is 0 Å². The first kappa shape index (κ1) is 17.7. The molecule has 0 spiro atoms. The van der Waals surface area contributed by atoms with Crippen molar-refractivity contribution in [3.05, 3.63) is 24.7 Å². The lowest BCUT2D eigenvalue weighted by Crippen LogP contribution is -2.44. The highest BCUT2D eigenvalue weighted by Gasteiger charge is 2.19. The van der Waals surface area contributed by atoms with Gasteiger partial charge in [0.15, 0.2) is 0 Å². The van der Waals surface area contributed by atoms with Crippen LogP contribution in [0.2, 0.25) is 0 Å². The van der Waals surface area contributed by atoms with Crippen LogP contribution >= 0.6 is 0 Å². The average Bonchev–Trinajstić information content (AvgIpc) is 3.04. The summed E-state index contributed by atoms with van der Waals surface area (Å²) in [4.78, 5) is 17.9. The summed E-state index contributed by atoms with van der Waals surface area (Å²) in [5.41, 5.74) is 2.11. The standard InChI is InChI=1S/C19H25N7O/c1-19(2,3)27-17-9-13-15(11-20-17)23-24-18(13)14-10-16(22-12-21-14)26-7-5-25(4)6-8-26/h9-12H,5-8H2,1-4H3,(H,23,24). The number of nitrogens with one attached hydrogen (secondary N) is 1. The molecule has 4 heterocycles. The second-order valence-corrected chi connectivity index (χ2v) is 7.91. The first-order chi connectivity index (χ1) is 12.9. The summed E-state index contributed by atoms with van der Waals surface area (Å²) in [5.74, 6) is 1.51. The zero-order chi connectivity index (χ0) is 19.0. The van der Waals surface area contributed by atoms with E-state index in [0.717, 1.165) is 54.3 Å². The zero-order valence-electron chi connectivity index (χ0n) is 16.2. The molecule has 27 heavy (non-hydrogen) atoms. The van der Waals surface area contributed by atoms with E-state index in [1.54, 1.807) is 12.5 Å². The van der Waals surface area contributed by atoms with E-state index in [0.29, 0.717) is 5.88 Å². The molecule has 1 N–H and O–H groups in total. The van der Waals surface area contributed by atoms with Gasteiger partial charge in [0.1, 0.15) is 23.4 Å². The van der Waals surface area contributed by atoms with Crippen molar-refractivity contribution in [2.75, 3.05) is 38.1 Å². The van der Waals surface area contributed by atoms with Crippen LogP contribution in [0, 0.1) is 0 Å². The largest absolute Gasteiger partial charge is 0.472 e. The second-order valence-electron chi connectivity index (χ2n) is 7.91. The van der Waals surface area contributed by atoms with Crippen LogP contribution in [0.4, 0.5) is 5.82 Å². The number of hydrogen-bond acceptors (Lipinski definition) is 7. The number of aromatic nitrogens is 5. The van der Waals surface area contributed by atoms with E-state index in [2.05, 4.69) is 42.0 Å². The topological polar surface area (TPSA) is 83.1 Å². The van der Waals surface area contributed by atoms with E-state index in [9.17, 15) is 0 Å². The van der Waals surface area contributed by atoms with Crippen molar-refractivity contribution < 1.29 is 4.74 Å². The normalized spacial score (nSPS) is 16.1. The third-order valence-corrected chi connectivity index (χ3v) is 4.56. The molecule has 1 fully saturated rings. The minimum atomic E-state index is -0.311. The molecule has 4 rings (SSSR count). The number of rotatable bonds is 3. The molecule has 3 aromatic heterocycles. The summed E-state index contributed by atoms with van der Waals surface area (Å²) in [5, 5.41) is 8.43. The molecule has 1 aliphatic rings. The van der Waals surface area contributed by atoms with Crippen LogP contribution < -0.4 is 9.64 Å². The Labute approximate surface area is 158 Å². The third kappa shape index (κ3) is 3.85. The van der Waals surface area contributed by atoms with Crippen molar-refractivity contribution in [3.8, 4) is 17.3 Å². The van der Waals surface area contributed by atoms with E-state index in [1.807, 2.05) is 32.9 Å². The van der Waals surface area contributed by atoms with Gasteiger partial charge in [-0.3, -0.25) is 5.10 Å². The molecule has 3 aromatic rings. The molecule has 0 aromatic carbocycles. The summed E-state index contributed by atoms with van der Waals surface area (Å²) < 4.78 is 5.90. The van der Waals surface area contributed by atoms with Crippen LogP contribution in [-0.2, 0) is 0 Å². The van der Waals surface area contributed by atoms with E-state index in [1.165, 1.54) is 0 Å². The maximum Gasteiger partial charge on any atom is 0.214 e. The Morgan fingerprint density at radius 1 is 1.04 bits per heavy atom. The summed E-state index contributed by atoms with van der Waals surface area (Å²) in [6.07, 6.45) is 3.35. The van der Waals surface area contributed by atoms with Crippen molar-refractivity contribution in [3.63, 3.8) is 0 Å². The fourth-order valence-electron chi connectivity index (χ4n) is 3.15. The molecule has 0 amide bonds. The summed E-state index contributed by atoms with van der Waals surface area (Å²) in [6.45, 7) is 9.99. The lowest BCUT2D eigenvalue weighted by molar-refractivity contribution is 0.124. The molecular weight excluding hydrogens is 342 g/mol.